The Kier molecular flexibility index (Phi) is 6.71. The van der Waals surface area contributed by atoms with Crippen LogP contribution in [0.5, 0.6) is 0 Å². The maximum Gasteiger partial charge on any atom is 0.319 e. The highest BCUT2D eigenvalue weighted by molar-refractivity contribution is 5.91. The van der Waals surface area contributed by atoms with E-state index in [9.17, 15) is 9.59 Å². The molecule has 1 heterocycles. The van der Waals surface area contributed by atoms with Gasteiger partial charge in [0.05, 0.1) is 0 Å². The number of amides is 3. The summed E-state index contributed by atoms with van der Waals surface area (Å²) in [5, 5.41) is 8.31. The highest BCUT2D eigenvalue weighted by Crippen LogP contribution is 2.09. The van der Waals surface area contributed by atoms with Gasteiger partial charge in [-0.1, -0.05) is 18.2 Å². The Bertz CT molecular complexity index is 725. The fraction of sp³-hybridized carbons (Fsp3) is 0.211. The van der Waals surface area contributed by atoms with E-state index >= 15 is 0 Å². The molecule has 25 heavy (non-hydrogen) atoms. The summed E-state index contributed by atoms with van der Waals surface area (Å²) in [7, 11) is 0. The Balaban J connectivity index is 1.80. The number of pyridine rings is 1. The van der Waals surface area contributed by atoms with Gasteiger partial charge in [0, 0.05) is 36.7 Å². The van der Waals surface area contributed by atoms with E-state index < -0.39 is 0 Å². The quantitative estimate of drug-likeness (QED) is 0.708. The van der Waals surface area contributed by atoms with Gasteiger partial charge in [0.15, 0.2) is 0 Å². The smallest absolute Gasteiger partial charge is 0.319 e. The molecule has 3 amide bonds. The molecule has 3 N–H and O–H groups in total. The van der Waals surface area contributed by atoms with Gasteiger partial charge < -0.3 is 16.0 Å². The van der Waals surface area contributed by atoms with Crippen LogP contribution in [0.25, 0.3) is 6.08 Å². The Morgan fingerprint density at radius 1 is 1.16 bits per heavy atom. The van der Waals surface area contributed by atoms with E-state index in [1.807, 2.05) is 38.1 Å². The lowest BCUT2D eigenvalue weighted by Crippen LogP contribution is -2.34. The molecular weight excluding hydrogens is 316 g/mol. The number of aromatic nitrogens is 1. The fourth-order valence-corrected chi connectivity index (χ4v) is 2.03. The van der Waals surface area contributed by atoms with Crippen molar-refractivity contribution < 1.29 is 9.59 Å². The summed E-state index contributed by atoms with van der Waals surface area (Å²) >= 11 is 0. The summed E-state index contributed by atoms with van der Waals surface area (Å²) in [6.07, 6.45) is 6.55. The van der Waals surface area contributed by atoms with Crippen molar-refractivity contribution in [2.45, 2.75) is 26.4 Å². The molecule has 0 bridgehead atoms. The molecule has 0 atom stereocenters. The molecule has 0 radical (unpaired) electrons. The third kappa shape index (κ3) is 6.87. The first-order valence-corrected chi connectivity index (χ1v) is 8.05. The van der Waals surface area contributed by atoms with Crippen LogP contribution in [0.15, 0.2) is 54.9 Å². The predicted octanol–water partition coefficient (Wildman–Crippen LogP) is 2.94. The average Bonchev–Trinajstić information content (AvgIpc) is 2.59. The molecule has 0 aliphatic carbocycles. The number of carbonyl (C=O) groups is 2. The van der Waals surface area contributed by atoms with Gasteiger partial charge in [0.25, 0.3) is 0 Å². The van der Waals surface area contributed by atoms with Crippen LogP contribution >= 0.6 is 0 Å². The summed E-state index contributed by atoms with van der Waals surface area (Å²) in [6, 6.07) is 10.8. The van der Waals surface area contributed by atoms with Crippen LogP contribution in [0.1, 0.15) is 25.0 Å². The van der Waals surface area contributed by atoms with Crippen molar-refractivity contribution in [2.24, 2.45) is 0 Å². The number of carbonyl (C=O) groups excluding carboxylic acids is 2. The number of urea groups is 1. The number of anilines is 1. The highest BCUT2D eigenvalue weighted by Gasteiger charge is 2.03. The van der Waals surface area contributed by atoms with Crippen molar-refractivity contribution in [3.05, 3.63) is 66.0 Å². The van der Waals surface area contributed by atoms with Crippen LogP contribution in [-0.2, 0) is 11.3 Å². The third-order valence-corrected chi connectivity index (χ3v) is 3.21. The minimum atomic E-state index is -0.239. The molecule has 0 spiro atoms. The molecule has 6 nitrogen and oxygen atoms in total. The molecule has 130 valence electrons. The van der Waals surface area contributed by atoms with E-state index in [0.717, 1.165) is 11.1 Å². The average molecular weight is 338 g/mol. The van der Waals surface area contributed by atoms with Crippen molar-refractivity contribution in [1.82, 2.24) is 15.6 Å². The lowest BCUT2D eigenvalue weighted by atomic mass is 10.2. The van der Waals surface area contributed by atoms with E-state index in [-0.39, 0.29) is 18.0 Å². The van der Waals surface area contributed by atoms with Crippen LogP contribution in [0.4, 0.5) is 10.5 Å². The summed E-state index contributed by atoms with van der Waals surface area (Å²) in [6.45, 7) is 4.21. The van der Waals surface area contributed by atoms with Crippen molar-refractivity contribution in [3.63, 3.8) is 0 Å². The second-order valence-electron chi connectivity index (χ2n) is 5.79. The maximum atomic E-state index is 11.8. The molecule has 2 aromatic rings. The zero-order chi connectivity index (χ0) is 18.1. The van der Waals surface area contributed by atoms with Crippen LogP contribution in [0.2, 0.25) is 0 Å². The second-order valence-corrected chi connectivity index (χ2v) is 5.79. The standard InChI is InChI=1S/C19H22N4O2/c1-14(2)22-19(25)23-17-8-5-16(6-9-17)13-21-18(24)10-7-15-4-3-11-20-12-15/h3-12,14H,13H2,1-2H3,(H,21,24)(H2,22,23,25)/b10-7+. The third-order valence-electron chi connectivity index (χ3n) is 3.21. The Hall–Kier alpha value is -3.15. The van der Waals surface area contributed by atoms with Crippen LogP contribution in [-0.4, -0.2) is 23.0 Å². The summed E-state index contributed by atoms with van der Waals surface area (Å²) in [5.74, 6) is -0.178. The van der Waals surface area contributed by atoms with Crippen LogP contribution in [0.3, 0.4) is 0 Å². The number of hydrogen-bond acceptors (Lipinski definition) is 3. The Morgan fingerprint density at radius 2 is 1.92 bits per heavy atom. The van der Waals surface area contributed by atoms with Gasteiger partial charge in [-0.05, 0) is 49.2 Å². The highest BCUT2D eigenvalue weighted by atomic mass is 16.2. The molecule has 0 saturated carbocycles. The molecule has 0 aliphatic heterocycles. The molecule has 1 aromatic heterocycles. The van der Waals surface area contributed by atoms with E-state index in [1.165, 1.54) is 6.08 Å². The minimum absolute atomic E-state index is 0.0780. The summed E-state index contributed by atoms with van der Waals surface area (Å²) in [5.41, 5.74) is 2.51. The maximum absolute atomic E-state index is 11.8. The van der Waals surface area contributed by atoms with E-state index in [0.29, 0.717) is 12.2 Å². The molecule has 0 unspecified atom stereocenters. The Morgan fingerprint density at radius 3 is 2.56 bits per heavy atom. The summed E-state index contributed by atoms with van der Waals surface area (Å²) in [4.78, 5) is 27.4. The lowest BCUT2D eigenvalue weighted by Gasteiger charge is -2.10. The number of rotatable bonds is 6. The SMILES string of the molecule is CC(C)NC(=O)Nc1ccc(CNC(=O)/C=C/c2cccnc2)cc1. The van der Waals surface area contributed by atoms with Crippen molar-refractivity contribution in [1.29, 1.82) is 0 Å². The van der Waals surface area contributed by atoms with E-state index in [2.05, 4.69) is 20.9 Å². The second kappa shape index (κ2) is 9.22. The molecule has 0 saturated heterocycles. The van der Waals surface area contributed by atoms with E-state index in [4.69, 9.17) is 0 Å². The van der Waals surface area contributed by atoms with Gasteiger partial charge in [0.1, 0.15) is 0 Å². The van der Waals surface area contributed by atoms with Gasteiger partial charge in [-0.25, -0.2) is 4.79 Å². The van der Waals surface area contributed by atoms with Crippen molar-refractivity contribution >= 4 is 23.7 Å². The molecular formula is C19H22N4O2. The fourth-order valence-electron chi connectivity index (χ4n) is 2.03. The Labute approximate surface area is 147 Å². The molecule has 1 aromatic carbocycles. The normalized spacial score (nSPS) is 10.7. The minimum Gasteiger partial charge on any atom is -0.348 e. The zero-order valence-corrected chi connectivity index (χ0v) is 14.3. The van der Waals surface area contributed by atoms with Gasteiger partial charge in [-0.3, -0.25) is 9.78 Å². The van der Waals surface area contributed by atoms with Gasteiger partial charge >= 0.3 is 6.03 Å². The number of hydrogen-bond donors (Lipinski definition) is 3. The topological polar surface area (TPSA) is 83.1 Å². The number of nitrogens with one attached hydrogen (secondary N) is 3. The first-order chi connectivity index (χ1) is 12.0. The molecule has 2 rings (SSSR count). The van der Waals surface area contributed by atoms with Crippen LogP contribution < -0.4 is 16.0 Å². The van der Waals surface area contributed by atoms with Crippen molar-refractivity contribution in [3.8, 4) is 0 Å². The van der Waals surface area contributed by atoms with E-state index in [1.54, 1.807) is 30.6 Å². The van der Waals surface area contributed by atoms with Crippen LogP contribution in [0, 0.1) is 0 Å². The number of nitrogens with zero attached hydrogens (tertiary/aromatic N) is 1. The first kappa shape index (κ1) is 18.2. The first-order valence-electron chi connectivity index (χ1n) is 8.05. The summed E-state index contributed by atoms with van der Waals surface area (Å²) < 4.78 is 0. The van der Waals surface area contributed by atoms with Crippen molar-refractivity contribution in [2.75, 3.05) is 5.32 Å². The van der Waals surface area contributed by atoms with Gasteiger partial charge in [-0.15, -0.1) is 0 Å². The number of benzene rings is 1. The van der Waals surface area contributed by atoms with Gasteiger partial charge in [0.2, 0.25) is 5.91 Å². The largest absolute Gasteiger partial charge is 0.348 e. The zero-order valence-electron chi connectivity index (χ0n) is 14.3. The lowest BCUT2D eigenvalue weighted by molar-refractivity contribution is -0.116. The molecule has 6 heteroatoms. The predicted molar refractivity (Wildman–Crippen MR) is 98.9 cm³/mol. The van der Waals surface area contributed by atoms with Gasteiger partial charge in [-0.2, -0.15) is 0 Å². The molecule has 0 aliphatic rings. The monoisotopic (exact) mass is 338 g/mol. The molecule has 0 fully saturated rings.